The average Bonchev–Trinajstić information content (AvgIpc) is 2.03. The van der Waals surface area contributed by atoms with Gasteiger partial charge in [-0.1, -0.05) is 0 Å². The summed E-state index contributed by atoms with van der Waals surface area (Å²) in [6.07, 6.45) is 3.69. The largest absolute Gasteiger partial charge is 0.390 e. The lowest BCUT2D eigenvalue weighted by Crippen LogP contribution is -2.39. The summed E-state index contributed by atoms with van der Waals surface area (Å²) in [6.45, 7) is 5.09. The number of amides is 1. The molecule has 1 aliphatic heterocycles. The van der Waals surface area contributed by atoms with E-state index in [1.807, 2.05) is 4.90 Å². The molecule has 3 heteroatoms. The van der Waals surface area contributed by atoms with Gasteiger partial charge in [-0.15, -0.1) is 0 Å². The van der Waals surface area contributed by atoms with Crippen molar-refractivity contribution in [1.82, 2.24) is 4.90 Å². The number of carbonyl (C=O) groups is 1. The van der Waals surface area contributed by atoms with Crippen LogP contribution in [0.1, 0.15) is 39.5 Å². The van der Waals surface area contributed by atoms with E-state index in [0.717, 1.165) is 25.9 Å². The second-order valence-electron chi connectivity index (χ2n) is 4.43. The molecule has 0 radical (unpaired) electrons. The predicted octanol–water partition coefficient (Wildman–Crippen LogP) is 1.16. The monoisotopic (exact) mass is 185 g/mol. The maximum Gasteiger partial charge on any atom is 0.225 e. The van der Waals surface area contributed by atoms with Crippen LogP contribution in [0, 0.1) is 0 Å². The highest BCUT2D eigenvalue weighted by molar-refractivity contribution is 5.77. The fourth-order valence-electron chi connectivity index (χ4n) is 1.63. The Morgan fingerprint density at radius 1 is 1.31 bits per heavy atom. The first kappa shape index (κ1) is 10.5. The van der Waals surface area contributed by atoms with Crippen molar-refractivity contribution in [2.75, 3.05) is 13.1 Å². The summed E-state index contributed by atoms with van der Waals surface area (Å²) in [5, 5.41) is 9.47. The molecule has 0 bridgehead atoms. The van der Waals surface area contributed by atoms with Crippen molar-refractivity contribution in [1.29, 1.82) is 0 Å². The van der Waals surface area contributed by atoms with Crippen molar-refractivity contribution >= 4 is 5.91 Å². The smallest absolute Gasteiger partial charge is 0.225 e. The summed E-state index contributed by atoms with van der Waals surface area (Å²) in [7, 11) is 0. The molecular formula is C10H19NO2. The highest BCUT2D eigenvalue weighted by Gasteiger charge is 2.23. The van der Waals surface area contributed by atoms with E-state index in [2.05, 4.69) is 0 Å². The van der Waals surface area contributed by atoms with Gasteiger partial charge in [-0.25, -0.2) is 0 Å². The van der Waals surface area contributed by atoms with Gasteiger partial charge >= 0.3 is 0 Å². The molecule has 0 saturated carbocycles. The minimum Gasteiger partial charge on any atom is -0.390 e. The summed E-state index contributed by atoms with van der Waals surface area (Å²) in [5.41, 5.74) is -0.867. The fraction of sp³-hybridized carbons (Fsp3) is 0.900. The zero-order valence-electron chi connectivity index (χ0n) is 8.55. The van der Waals surface area contributed by atoms with Crippen LogP contribution in [-0.2, 0) is 4.79 Å². The number of nitrogens with zero attached hydrogens (tertiary/aromatic N) is 1. The van der Waals surface area contributed by atoms with E-state index in [1.54, 1.807) is 13.8 Å². The van der Waals surface area contributed by atoms with Gasteiger partial charge in [0.25, 0.3) is 0 Å². The summed E-state index contributed by atoms with van der Waals surface area (Å²) in [4.78, 5) is 13.4. The molecule has 3 nitrogen and oxygen atoms in total. The van der Waals surface area contributed by atoms with Crippen LogP contribution in [-0.4, -0.2) is 34.6 Å². The highest BCUT2D eigenvalue weighted by atomic mass is 16.3. The lowest BCUT2D eigenvalue weighted by Gasteiger charge is -2.29. The molecular weight excluding hydrogens is 166 g/mol. The zero-order valence-corrected chi connectivity index (χ0v) is 8.55. The molecule has 0 aromatic rings. The van der Waals surface area contributed by atoms with Gasteiger partial charge in [0, 0.05) is 13.1 Å². The van der Waals surface area contributed by atoms with Crippen molar-refractivity contribution in [2.45, 2.75) is 45.1 Å². The molecule has 13 heavy (non-hydrogen) atoms. The van der Waals surface area contributed by atoms with Crippen molar-refractivity contribution in [3.63, 3.8) is 0 Å². The van der Waals surface area contributed by atoms with Gasteiger partial charge in [0.2, 0.25) is 5.91 Å². The normalized spacial score (nSPS) is 18.8. The van der Waals surface area contributed by atoms with Gasteiger partial charge in [0.05, 0.1) is 12.0 Å². The van der Waals surface area contributed by atoms with E-state index in [0.29, 0.717) is 0 Å². The quantitative estimate of drug-likeness (QED) is 0.701. The van der Waals surface area contributed by atoms with E-state index in [4.69, 9.17) is 0 Å². The first-order valence-corrected chi connectivity index (χ1v) is 4.99. The molecule has 0 aromatic heterocycles. The minimum absolute atomic E-state index is 0.0900. The topological polar surface area (TPSA) is 40.5 Å². The van der Waals surface area contributed by atoms with Crippen LogP contribution in [0.3, 0.4) is 0 Å². The molecule has 1 amide bonds. The summed E-state index contributed by atoms with van der Waals surface area (Å²) in [6, 6.07) is 0. The number of hydrogen-bond acceptors (Lipinski definition) is 2. The van der Waals surface area contributed by atoms with Crippen molar-refractivity contribution < 1.29 is 9.90 Å². The molecule has 0 aromatic carbocycles. The van der Waals surface area contributed by atoms with Crippen LogP contribution in [0.2, 0.25) is 0 Å². The first-order chi connectivity index (χ1) is 5.99. The average molecular weight is 185 g/mol. The molecule has 1 heterocycles. The number of piperidine rings is 1. The molecule has 0 unspecified atom stereocenters. The third kappa shape index (κ3) is 3.77. The van der Waals surface area contributed by atoms with Crippen molar-refractivity contribution in [3.8, 4) is 0 Å². The number of carbonyl (C=O) groups excluding carboxylic acids is 1. The Kier molecular flexibility index (Phi) is 3.31. The Hall–Kier alpha value is -0.570. The standard InChI is InChI=1S/C10H19NO2/c1-10(2,13)8-9(12)11-6-4-3-5-7-11/h13H,3-8H2,1-2H3. The molecule has 1 aliphatic rings. The minimum atomic E-state index is -0.867. The van der Waals surface area contributed by atoms with Gasteiger partial charge in [0.1, 0.15) is 0 Å². The lowest BCUT2D eigenvalue weighted by atomic mass is 10.0. The number of likely N-dealkylation sites (tertiary alicyclic amines) is 1. The summed E-state index contributed by atoms with van der Waals surface area (Å²) >= 11 is 0. The number of hydrogen-bond donors (Lipinski definition) is 1. The first-order valence-electron chi connectivity index (χ1n) is 4.99. The van der Waals surface area contributed by atoms with E-state index in [-0.39, 0.29) is 12.3 Å². The third-order valence-corrected chi connectivity index (χ3v) is 2.29. The Morgan fingerprint density at radius 2 is 1.85 bits per heavy atom. The number of rotatable bonds is 2. The zero-order chi connectivity index (χ0) is 9.90. The molecule has 76 valence electrons. The van der Waals surface area contributed by atoms with Crippen molar-refractivity contribution in [3.05, 3.63) is 0 Å². The molecule has 0 atom stereocenters. The molecule has 0 spiro atoms. The third-order valence-electron chi connectivity index (χ3n) is 2.29. The van der Waals surface area contributed by atoms with Gasteiger partial charge in [-0.05, 0) is 33.1 Å². The van der Waals surface area contributed by atoms with Crippen LogP contribution in [0.25, 0.3) is 0 Å². The SMILES string of the molecule is CC(C)(O)CC(=O)N1CCCCC1. The van der Waals surface area contributed by atoms with Crippen LogP contribution in [0.4, 0.5) is 0 Å². The lowest BCUT2D eigenvalue weighted by molar-refractivity contribution is -0.136. The van der Waals surface area contributed by atoms with E-state index in [1.165, 1.54) is 6.42 Å². The van der Waals surface area contributed by atoms with Crippen LogP contribution in [0.5, 0.6) is 0 Å². The van der Waals surface area contributed by atoms with Crippen LogP contribution >= 0.6 is 0 Å². The van der Waals surface area contributed by atoms with Crippen molar-refractivity contribution in [2.24, 2.45) is 0 Å². The Morgan fingerprint density at radius 3 is 2.31 bits per heavy atom. The van der Waals surface area contributed by atoms with E-state index >= 15 is 0 Å². The van der Waals surface area contributed by atoms with E-state index in [9.17, 15) is 9.90 Å². The molecule has 1 N–H and O–H groups in total. The second-order valence-corrected chi connectivity index (χ2v) is 4.43. The summed E-state index contributed by atoms with van der Waals surface area (Å²) in [5.74, 6) is 0.0900. The Labute approximate surface area is 79.7 Å². The molecule has 1 saturated heterocycles. The molecule has 1 fully saturated rings. The van der Waals surface area contributed by atoms with Crippen LogP contribution < -0.4 is 0 Å². The van der Waals surface area contributed by atoms with Gasteiger partial charge in [-0.3, -0.25) is 4.79 Å². The summed E-state index contributed by atoms with van der Waals surface area (Å²) < 4.78 is 0. The highest BCUT2D eigenvalue weighted by Crippen LogP contribution is 2.14. The second kappa shape index (κ2) is 4.09. The molecule has 1 rings (SSSR count). The fourth-order valence-corrected chi connectivity index (χ4v) is 1.63. The van der Waals surface area contributed by atoms with Crippen LogP contribution in [0.15, 0.2) is 0 Å². The Balaban J connectivity index is 2.38. The number of aliphatic hydroxyl groups is 1. The predicted molar refractivity (Wildman–Crippen MR) is 51.3 cm³/mol. The maximum atomic E-state index is 11.6. The van der Waals surface area contributed by atoms with E-state index < -0.39 is 5.60 Å². The van der Waals surface area contributed by atoms with Gasteiger partial charge < -0.3 is 10.0 Å². The Bertz CT molecular complexity index is 178. The maximum absolute atomic E-state index is 11.6. The van der Waals surface area contributed by atoms with Gasteiger partial charge in [0.15, 0.2) is 0 Å². The van der Waals surface area contributed by atoms with Gasteiger partial charge in [-0.2, -0.15) is 0 Å². The molecule has 0 aliphatic carbocycles.